The molecule has 0 heterocycles. The van der Waals surface area contributed by atoms with E-state index in [0.29, 0.717) is 0 Å². The third-order valence-electron chi connectivity index (χ3n) is 2.84. The summed E-state index contributed by atoms with van der Waals surface area (Å²) in [6.07, 6.45) is 0. The highest BCUT2D eigenvalue weighted by Crippen LogP contribution is 2.24. The van der Waals surface area contributed by atoms with Crippen LogP contribution in [0.25, 0.3) is 0 Å². The molecule has 1 rings (SSSR count). The van der Waals surface area contributed by atoms with Crippen LogP contribution in [0.4, 0.5) is 4.79 Å². The molecule has 1 aromatic carbocycles. The average molecular weight is 362 g/mol. The van der Waals surface area contributed by atoms with Crippen molar-refractivity contribution in [3.05, 3.63) is 33.8 Å². The molecule has 23 heavy (non-hydrogen) atoms. The molecule has 0 aliphatic heterocycles. The van der Waals surface area contributed by atoms with Crippen LogP contribution in [-0.4, -0.2) is 56.6 Å². The summed E-state index contributed by atoms with van der Waals surface area (Å²) in [6, 6.07) is 3.11. The fraction of sp³-hybridized carbons (Fsp3) is 0.357. The van der Waals surface area contributed by atoms with E-state index in [1.54, 1.807) is 20.2 Å². The maximum atomic E-state index is 12.3. The van der Waals surface area contributed by atoms with Crippen molar-refractivity contribution in [1.82, 2.24) is 15.5 Å². The van der Waals surface area contributed by atoms with E-state index in [0.717, 1.165) is 0 Å². The molecule has 2 N–H and O–H groups in total. The smallest absolute Gasteiger partial charge is 0.330 e. The van der Waals surface area contributed by atoms with Crippen molar-refractivity contribution in [2.24, 2.45) is 0 Å². The second-order valence-electron chi connectivity index (χ2n) is 4.73. The number of nitrogens with one attached hydrogen (secondary N) is 2. The van der Waals surface area contributed by atoms with Crippen molar-refractivity contribution in [2.75, 3.05) is 27.7 Å². The number of amides is 3. The summed E-state index contributed by atoms with van der Waals surface area (Å²) in [6.45, 7) is -0.141. The SMILES string of the molecule is COC(=O)[C@H](CNC(=O)N(C)C)NC(=O)c1c(Cl)cccc1Cl. The summed E-state index contributed by atoms with van der Waals surface area (Å²) >= 11 is 11.9. The van der Waals surface area contributed by atoms with Crippen LogP contribution in [0.1, 0.15) is 10.4 Å². The number of urea groups is 1. The fourth-order valence-corrected chi connectivity index (χ4v) is 2.20. The lowest BCUT2D eigenvalue weighted by molar-refractivity contribution is -0.142. The molecule has 1 atom stereocenters. The summed E-state index contributed by atoms with van der Waals surface area (Å²) in [5.74, 6) is -1.35. The Labute approximate surface area is 143 Å². The van der Waals surface area contributed by atoms with E-state index in [-0.39, 0.29) is 22.2 Å². The Kier molecular flexibility index (Phi) is 7.12. The van der Waals surface area contributed by atoms with Crippen molar-refractivity contribution in [3.63, 3.8) is 0 Å². The van der Waals surface area contributed by atoms with Gasteiger partial charge in [0.15, 0.2) is 0 Å². The van der Waals surface area contributed by atoms with E-state index in [1.807, 2.05) is 0 Å². The molecular weight excluding hydrogens is 345 g/mol. The Morgan fingerprint density at radius 3 is 2.26 bits per heavy atom. The number of halogens is 2. The van der Waals surface area contributed by atoms with Gasteiger partial charge in [-0.3, -0.25) is 4.79 Å². The number of ether oxygens (including phenoxy) is 1. The molecule has 0 fully saturated rings. The first-order chi connectivity index (χ1) is 10.8. The lowest BCUT2D eigenvalue weighted by atomic mass is 10.2. The molecule has 9 heteroatoms. The van der Waals surface area contributed by atoms with Crippen molar-refractivity contribution in [3.8, 4) is 0 Å². The zero-order valence-electron chi connectivity index (χ0n) is 12.9. The van der Waals surface area contributed by atoms with Gasteiger partial charge in [0.2, 0.25) is 0 Å². The van der Waals surface area contributed by atoms with Crippen molar-refractivity contribution in [1.29, 1.82) is 0 Å². The first-order valence-electron chi connectivity index (χ1n) is 6.55. The Bertz CT molecular complexity index is 587. The van der Waals surface area contributed by atoms with E-state index < -0.39 is 23.9 Å². The second-order valence-corrected chi connectivity index (χ2v) is 5.54. The van der Waals surface area contributed by atoms with Gasteiger partial charge in [0.1, 0.15) is 6.04 Å². The first-order valence-corrected chi connectivity index (χ1v) is 7.31. The van der Waals surface area contributed by atoms with Gasteiger partial charge >= 0.3 is 12.0 Å². The maximum absolute atomic E-state index is 12.3. The van der Waals surface area contributed by atoms with Gasteiger partial charge in [-0.05, 0) is 12.1 Å². The molecule has 0 aromatic heterocycles. The number of methoxy groups -OCH3 is 1. The minimum absolute atomic E-state index is 0.0451. The lowest BCUT2D eigenvalue weighted by Crippen LogP contribution is -2.50. The summed E-state index contributed by atoms with van der Waals surface area (Å²) in [7, 11) is 4.27. The normalized spacial score (nSPS) is 11.3. The summed E-state index contributed by atoms with van der Waals surface area (Å²) in [5, 5.41) is 5.23. The predicted octanol–water partition coefficient (Wildman–Crippen LogP) is 1.54. The third kappa shape index (κ3) is 5.30. The topological polar surface area (TPSA) is 87.7 Å². The molecule has 7 nitrogen and oxygen atoms in total. The molecule has 0 unspecified atom stereocenters. The Balaban J connectivity index is 2.87. The largest absolute Gasteiger partial charge is 0.467 e. The monoisotopic (exact) mass is 361 g/mol. The molecule has 0 aliphatic carbocycles. The second kappa shape index (κ2) is 8.59. The number of hydrogen-bond acceptors (Lipinski definition) is 4. The van der Waals surface area contributed by atoms with Crippen LogP contribution < -0.4 is 10.6 Å². The van der Waals surface area contributed by atoms with Gasteiger partial charge in [-0.15, -0.1) is 0 Å². The molecular formula is C14H17Cl2N3O4. The summed E-state index contributed by atoms with van der Waals surface area (Å²) < 4.78 is 4.62. The Morgan fingerprint density at radius 2 is 1.78 bits per heavy atom. The van der Waals surface area contributed by atoms with Crippen LogP contribution in [0.3, 0.4) is 0 Å². The molecule has 0 saturated heterocycles. The van der Waals surface area contributed by atoms with Gasteiger partial charge in [0.05, 0.1) is 29.3 Å². The van der Waals surface area contributed by atoms with Gasteiger partial charge in [0, 0.05) is 14.1 Å². The van der Waals surface area contributed by atoms with Crippen LogP contribution in [0, 0.1) is 0 Å². The van der Waals surface area contributed by atoms with E-state index in [2.05, 4.69) is 15.4 Å². The van der Waals surface area contributed by atoms with Crippen LogP contribution in [0.15, 0.2) is 18.2 Å². The highest BCUT2D eigenvalue weighted by molar-refractivity contribution is 6.39. The van der Waals surface area contributed by atoms with E-state index in [4.69, 9.17) is 23.2 Å². The minimum Gasteiger partial charge on any atom is -0.467 e. The number of carbonyl (C=O) groups is 3. The number of nitrogens with zero attached hydrogens (tertiary/aromatic N) is 1. The lowest BCUT2D eigenvalue weighted by Gasteiger charge is -2.19. The summed E-state index contributed by atoms with van der Waals surface area (Å²) in [4.78, 5) is 36.9. The number of carbonyl (C=O) groups excluding carboxylic acids is 3. The number of esters is 1. The molecule has 0 radical (unpaired) electrons. The maximum Gasteiger partial charge on any atom is 0.330 e. The van der Waals surface area contributed by atoms with E-state index in [9.17, 15) is 14.4 Å². The van der Waals surface area contributed by atoms with Crippen molar-refractivity contribution >= 4 is 41.1 Å². The molecule has 0 bridgehead atoms. The van der Waals surface area contributed by atoms with E-state index in [1.165, 1.54) is 24.1 Å². The van der Waals surface area contributed by atoms with Gasteiger partial charge in [-0.1, -0.05) is 29.3 Å². The van der Waals surface area contributed by atoms with Crippen molar-refractivity contribution in [2.45, 2.75) is 6.04 Å². The number of benzene rings is 1. The van der Waals surface area contributed by atoms with Crippen molar-refractivity contribution < 1.29 is 19.1 Å². The summed E-state index contributed by atoms with van der Waals surface area (Å²) in [5.41, 5.74) is 0.0451. The van der Waals surface area contributed by atoms with Gasteiger partial charge < -0.3 is 20.3 Å². The van der Waals surface area contributed by atoms with Crippen LogP contribution >= 0.6 is 23.2 Å². The highest BCUT2D eigenvalue weighted by atomic mass is 35.5. The zero-order valence-corrected chi connectivity index (χ0v) is 14.4. The Hall–Kier alpha value is -1.99. The highest BCUT2D eigenvalue weighted by Gasteiger charge is 2.25. The van der Waals surface area contributed by atoms with Gasteiger partial charge in [0.25, 0.3) is 5.91 Å². The zero-order chi connectivity index (χ0) is 17.6. The van der Waals surface area contributed by atoms with Crippen LogP contribution in [-0.2, 0) is 9.53 Å². The van der Waals surface area contributed by atoms with Gasteiger partial charge in [-0.25, -0.2) is 9.59 Å². The molecule has 0 saturated carbocycles. The molecule has 126 valence electrons. The van der Waals surface area contributed by atoms with Crippen LogP contribution in [0.2, 0.25) is 10.0 Å². The average Bonchev–Trinajstić information content (AvgIpc) is 2.49. The van der Waals surface area contributed by atoms with Crippen LogP contribution in [0.5, 0.6) is 0 Å². The number of hydrogen-bond donors (Lipinski definition) is 2. The van der Waals surface area contributed by atoms with E-state index >= 15 is 0 Å². The number of rotatable bonds is 5. The Morgan fingerprint density at radius 1 is 1.22 bits per heavy atom. The molecule has 1 aromatic rings. The quantitative estimate of drug-likeness (QED) is 0.778. The molecule has 0 spiro atoms. The first kappa shape index (κ1) is 19.1. The standard InChI is InChI=1S/C14H17Cl2N3O4/c1-19(2)14(22)17-7-10(13(21)23-3)18-12(20)11-8(15)5-4-6-9(11)16/h4-6,10H,7H2,1-3H3,(H,17,22)(H,18,20)/t10-/m0/s1. The molecule has 3 amide bonds. The fourth-order valence-electron chi connectivity index (χ4n) is 1.63. The predicted molar refractivity (Wildman–Crippen MR) is 86.8 cm³/mol. The minimum atomic E-state index is -1.08. The van der Waals surface area contributed by atoms with Gasteiger partial charge in [-0.2, -0.15) is 0 Å². The molecule has 0 aliphatic rings. The third-order valence-corrected chi connectivity index (χ3v) is 3.47.